The average Bonchev–Trinajstić information content (AvgIpc) is 3.29. The number of aryl methyl sites for hydroxylation is 1. The molecule has 0 aliphatic heterocycles. The van der Waals surface area contributed by atoms with Gasteiger partial charge in [0, 0.05) is 29.7 Å². The Morgan fingerprint density at radius 2 is 1.69 bits per heavy atom. The first-order valence-electron chi connectivity index (χ1n) is 11.7. The molecular weight excluding hydrogens is 444 g/mol. The van der Waals surface area contributed by atoms with Gasteiger partial charge in [0.1, 0.15) is 31.6 Å². The van der Waals surface area contributed by atoms with Gasteiger partial charge in [-0.3, -0.25) is 0 Å². The third-order valence-electron chi connectivity index (χ3n) is 5.48. The first-order valence-corrected chi connectivity index (χ1v) is 11.7. The van der Waals surface area contributed by atoms with E-state index in [0.29, 0.717) is 38.6 Å². The molecule has 4 aromatic rings. The number of aromatic nitrogens is 2. The van der Waals surface area contributed by atoms with Gasteiger partial charge in [-0.1, -0.05) is 30.3 Å². The summed E-state index contributed by atoms with van der Waals surface area (Å²) in [5, 5.41) is 1.14. The van der Waals surface area contributed by atoms with E-state index in [9.17, 15) is 4.79 Å². The van der Waals surface area contributed by atoms with Crippen LogP contribution in [-0.2, 0) is 34.4 Å². The molecule has 0 N–H and O–H groups in total. The molecule has 7 nitrogen and oxygen atoms in total. The van der Waals surface area contributed by atoms with E-state index in [-0.39, 0.29) is 12.6 Å². The molecule has 0 amide bonds. The highest BCUT2D eigenvalue weighted by atomic mass is 16.6. The van der Waals surface area contributed by atoms with Gasteiger partial charge in [-0.25, -0.2) is 9.36 Å². The Kier molecular flexibility index (Phi) is 8.86. The molecule has 0 fully saturated rings. The molecular formula is C28H31N2O5+. The van der Waals surface area contributed by atoms with Crippen molar-refractivity contribution >= 4 is 16.9 Å². The number of carbonyl (C=O) groups is 1. The first kappa shape index (κ1) is 24.4. The smallest absolute Gasteiger partial charge is 0.344 e. The predicted octanol–water partition coefficient (Wildman–Crippen LogP) is 3.94. The van der Waals surface area contributed by atoms with Crippen LogP contribution in [-0.4, -0.2) is 43.6 Å². The fraction of sp³-hybridized carbons (Fsp3) is 0.286. The van der Waals surface area contributed by atoms with Crippen molar-refractivity contribution in [1.82, 2.24) is 4.57 Å². The van der Waals surface area contributed by atoms with Crippen LogP contribution in [0.3, 0.4) is 0 Å². The van der Waals surface area contributed by atoms with Gasteiger partial charge < -0.3 is 23.5 Å². The maximum absolute atomic E-state index is 12.0. The number of fused-ring (bicyclic) bond motifs is 1. The lowest BCUT2D eigenvalue weighted by Crippen LogP contribution is -2.28. The summed E-state index contributed by atoms with van der Waals surface area (Å²) in [5.41, 5.74) is 2.81. The van der Waals surface area contributed by atoms with E-state index < -0.39 is 0 Å². The van der Waals surface area contributed by atoms with Gasteiger partial charge in [-0.05, 0) is 35.9 Å². The molecule has 182 valence electrons. The Morgan fingerprint density at radius 3 is 2.51 bits per heavy atom. The first-order chi connectivity index (χ1) is 17.2. The third kappa shape index (κ3) is 7.40. The Hall–Kier alpha value is -3.68. The van der Waals surface area contributed by atoms with E-state index in [1.54, 1.807) is 22.9 Å². The zero-order valence-electron chi connectivity index (χ0n) is 20.0. The predicted molar refractivity (Wildman–Crippen MR) is 132 cm³/mol. The van der Waals surface area contributed by atoms with Crippen molar-refractivity contribution in [1.29, 1.82) is 0 Å². The molecule has 0 unspecified atom stereocenters. The molecule has 4 rings (SSSR count). The van der Waals surface area contributed by atoms with E-state index in [0.717, 1.165) is 28.8 Å². The highest BCUT2D eigenvalue weighted by molar-refractivity contribution is 5.88. The highest BCUT2D eigenvalue weighted by Gasteiger charge is 2.10. The fourth-order valence-corrected chi connectivity index (χ4v) is 3.67. The van der Waals surface area contributed by atoms with Crippen LogP contribution < -0.4 is 9.30 Å². The molecule has 0 radical (unpaired) electrons. The van der Waals surface area contributed by atoms with Gasteiger partial charge in [-0.15, -0.1) is 0 Å². The summed E-state index contributed by atoms with van der Waals surface area (Å²) in [7, 11) is 1.86. The highest BCUT2D eigenvalue weighted by Crippen LogP contribution is 2.23. The number of pyridine rings is 1. The molecule has 0 atom stereocenters. The minimum Gasteiger partial charge on any atom is -0.489 e. The average molecular weight is 476 g/mol. The lowest BCUT2D eigenvalue weighted by atomic mass is 10.2. The van der Waals surface area contributed by atoms with Crippen molar-refractivity contribution in [2.45, 2.75) is 13.2 Å². The van der Waals surface area contributed by atoms with Crippen LogP contribution >= 0.6 is 0 Å². The molecule has 7 heteroatoms. The van der Waals surface area contributed by atoms with Gasteiger partial charge in [0.05, 0.1) is 26.4 Å². The minimum atomic E-state index is -0.352. The number of hydrogen-bond donors (Lipinski definition) is 0. The molecule has 0 aliphatic carbocycles. The van der Waals surface area contributed by atoms with Crippen LogP contribution in [0.25, 0.3) is 10.9 Å². The summed E-state index contributed by atoms with van der Waals surface area (Å²) in [6, 6.07) is 21.9. The van der Waals surface area contributed by atoms with Gasteiger partial charge in [0.2, 0.25) is 0 Å². The lowest BCUT2D eigenvalue weighted by molar-refractivity contribution is -0.671. The Labute approximate surface area is 205 Å². The van der Waals surface area contributed by atoms with Gasteiger partial charge in [0.15, 0.2) is 12.4 Å². The number of carbonyl (C=O) groups excluding carboxylic acids is 1. The number of ether oxygens (including phenoxy) is 4. The van der Waals surface area contributed by atoms with E-state index >= 15 is 0 Å². The molecule has 35 heavy (non-hydrogen) atoms. The Morgan fingerprint density at radius 1 is 0.886 bits per heavy atom. The third-order valence-corrected chi connectivity index (χ3v) is 5.48. The van der Waals surface area contributed by atoms with Crippen molar-refractivity contribution in [3.63, 3.8) is 0 Å². The van der Waals surface area contributed by atoms with E-state index in [4.69, 9.17) is 18.9 Å². The monoisotopic (exact) mass is 475 g/mol. The minimum absolute atomic E-state index is 0.212. The molecule has 2 aromatic heterocycles. The number of nitrogens with zero attached hydrogens (tertiary/aromatic N) is 2. The summed E-state index contributed by atoms with van der Waals surface area (Å²) in [6.07, 6.45) is 5.65. The van der Waals surface area contributed by atoms with Crippen molar-refractivity contribution < 1.29 is 28.3 Å². The van der Waals surface area contributed by atoms with E-state index in [1.807, 2.05) is 37.5 Å². The van der Waals surface area contributed by atoms with Crippen LogP contribution in [0.5, 0.6) is 5.75 Å². The summed E-state index contributed by atoms with van der Waals surface area (Å²) < 4.78 is 26.3. The number of esters is 1. The zero-order valence-corrected chi connectivity index (χ0v) is 20.0. The maximum atomic E-state index is 12.0. The summed E-state index contributed by atoms with van der Waals surface area (Å²) in [6.45, 7) is 3.37. The Bertz CT molecular complexity index is 1220. The summed E-state index contributed by atoms with van der Waals surface area (Å²) in [4.78, 5) is 12.0. The van der Waals surface area contributed by atoms with Gasteiger partial charge >= 0.3 is 5.97 Å². The largest absolute Gasteiger partial charge is 0.489 e. The molecule has 2 heterocycles. The standard InChI is InChI=1S/C28H31N2O5/c1-29-12-5-8-25(21-29)28(31)34-19-18-33-17-16-32-15-14-30-13-11-24-20-26(9-10-27(24)30)35-22-23-6-3-2-4-7-23/h2-13,20-21H,14-19,22H2,1H3/q+1. The van der Waals surface area contributed by atoms with Crippen molar-refractivity contribution in [2.75, 3.05) is 33.0 Å². The second-order valence-corrected chi connectivity index (χ2v) is 8.12. The lowest BCUT2D eigenvalue weighted by Gasteiger charge is -2.09. The molecule has 0 saturated carbocycles. The fourth-order valence-electron chi connectivity index (χ4n) is 3.67. The number of benzene rings is 2. The number of rotatable bonds is 13. The van der Waals surface area contributed by atoms with E-state index in [1.165, 1.54) is 0 Å². The molecule has 0 spiro atoms. The number of hydrogen-bond acceptors (Lipinski definition) is 5. The topological polar surface area (TPSA) is 62.8 Å². The van der Waals surface area contributed by atoms with Crippen LogP contribution in [0.15, 0.2) is 85.3 Å². The van der Waals surface area contributed by atoms with Crippen molar-refractivity contribution in [3.8, 4) is 5.75 Å². The quantitative estimate of drug-likeness (QED) is 0.167. The second kappa shape index (κ2) is 12.7. The second-order valence-electron chi connectivity index (χ2n) is 8.12. The normalized spacial score (nSPS) is 11.0. The van der Waals surface area contributed by atoms with Gasteiger partial charge in [0.25, 0.3) is 0 Å². The van der Waals surface area contributed by atoms with Gasteiger partial charge in [-0.2, -0.15) is 0 Å². The SMILES string of the molecule is C[n+]1cccc(C(=O)OCCOCCOCCn2ccc3cc(OCc4ccccc4)ccc32)c1. The van der Waals surface area contributed by atoms with Crippen LogP contribution in [0.1, 0.15) is 15.9 Å². The van der Waals surface area contributed by atoms with Crippen LogP contribution in [0.4, 0.5) is 0 Å². The molecule has 0 saturated heterocycles. The van der Waals surface area contributed by atoms with Crippen molar-refractivity contribution in [2.24, 2.45) is 7.05 Å². The molecule has 0 aliphatic rings. The van der Waals surface area contributed by atoms with Crippen LogP contribution in [0, 0.1) is 0 Å². The zero-order chi connectivity index (χ0) is 24.3. The Balaban J connectivity index is 1.09. The molecule has 0 bridgehead atoms. The van der Waals surface area contributed by atoms with E-state index in [2.05, 4.69) is 41.1 Å². The van der Waals surface area contributed by atoms with Crippen molar-refractivity contribution in [3.05, 3.63) is 96.4 Å². The van der Waals surface area contributed by atoms with Crippen LogP contribution in [0.2, 0.25) is 0 Å². The maximum Gasteiger partial charge on any atom is 0.344 e. The molecule has 2 aromatic carbocycles. The summed E-state index contributed by atoms with van der Waals surface area (Å²) in [5.74, 6) is 0.505. The summed E-state index contributed by atoms with van der Waals surface area (Å²) >= 11 is 0.